The van der Waals surface area contributed by atoms with E-state index in [1.807, 2.05) is 4.90 Å². The summed E-state index contributed by atoms with van der Waals surface area (Å²) in [6.07, 6.45) is 6.24. The Kier molecular flexibility index (Phi) is 6.27. The van der Waals surface area contributed by atoms with E-state index in [9.17, 15) is 9.90 Å². The van der Waals surface area contributed by atoms with Gasteiger partial charge in [0.1, 0.15) is 0 Å². The normalized spacial score (nSPS) is 23.4. The lowest BCUT2D eigenvalue weighted by atomic mass is 9.90. The lowest BCUT2D eigenvalue weighted by Gasteiger charge is -2.35. The van der Waals surface area contributed by atoms with Crippen molar-refractivity contribution < 1.29 is 9.90 Å². The van der Waals surface area contributed by atoms with Gasteiger partial charge in [0, 0.05) is 19.6 Å². The van der Waals surface area contributed by atoms with Crippen molar-refractivity contribution >= 4 is 5.91 Å². The number of carbonyl (C=O) groups is 1. The Labute approximate surface area is 145 Å². The van der Waals surface area contributed by atoms with Crippen molar-refractivity contribution in [3.63, 3.8) is 0 Å². The summed E-state index contributed by atoms with van der Waals surface area (Å²) in [6.45, 7) is 3.87. The zero-order chi connectivity index (χ0) is 16.8. The summed E-state index contributed by atoms with van der Waals surface area (Å²) in [5.74, 6) is 0.983. The molecule has 1 amide bonds. The number of aliphatic hydroxyl groups is 1. The Morgan fingerprint density at radius 1 is 1.08 bits per heavy atom. The fraction of sp³-hybridized carbons (Fsp3) is 0.650. The fourth-order valence-electron chi connectivity index (χ4n) is 3.95. The first-order chi connectivity index (χ1) is 11.7. The van der Waals surface area contributed by atoms with Crippen LogP contribution in [0.4, 0.5) is 0 Å². The molecule has 0 aromatic heterocycles. The van der Waals surface area contributed by atoms with Gasteiger partial charge in [-0.3, -0.25) is 9.69 Å². The van der Waals surface area contributed by atoms with Gasteiger partial charge in [0.2, 0.25) is 5.91 Å². The van der Waals surface area contributed by atoms with E-state index in [0.717, 1.165) is 57.7 Å². The van der Waals surface area contributed by atoms with Gasteiger partial charge in [0.25, 0.3) is 0 Å². The summed E-state index contributed by atoms with van der Waals surface area (Å²) in [7, 11) is 0. The van der Waals surface area contributed by atoms with Gasteiger partial charge >= 0.3 is 0 Å². The van der Waals surface area contributed by atoms with Gasteiger partial charge in [-0.1, -0.05) is 30.3 Å². The lowest BCUT2D eigenvalue weighted by Crippen LogP contribution is -2.47. The van der Waals surface area contributed by atoms with Crippen LogP contribution >= 0.6 is 0 Å². The molecule has 4 heteroatoms. The van der Waals surface area contributed by atoms with Crippen LogP contribution in [0.3, 0.4) is 0 Å². The van der Waals surface area contributed by atoms with E-state index in [1.54, 1.807) is 0 Å². The average Bonchev–Trinajstić information content (AvgIpc) is 2.61. The van der Waals surface area contributed by atoms with Gasteiger partial charge in [-0.2, -0.15) is 0 Å². The molecule has 2 saturated heterocycles. The monoisotopic (exact) mass is 330 g/mol. The van der Waals surface area contributed by atoms with E-state index in [4.69, 9.17) is 0 Å². The number of amides is 1. The topological polar surface area (TPSA) is 43.8 Å². The first kappa shape index (κ1) is 17.4. The molecule has 0 saturated carbocycles. The van der Waals surface area contributed by atoms with Crippen LogP contribution < -0.4 is 0 Å². The number of β-amino-alcohol motifs (C(OH)–C–C–N with tert-alkyl or cyclic N) is 1. The number of hydrogen-bond donors (Lipinski definition) is 1. The van der Waals surface area contributed by atoms with Gasteiger partial charge in [-0.15, -0.1) is 0 Å². The smallest absolute Gasteiger partial charge is 0.236 e. The third-order valence-electron chi connectivity index (χ3n) is 5.49. The second kappa shape index (κ2) is 8.63. The van der Waals surface area contributed by atoms with E-state index < -0.39 is 0 Å². The molecule has 2 aliphatic rings. The number of carbonyl (C=O) groups excluding carboxylic acids is 1. The van der Waals surface area contributed by atoms with Crippen LogP contribution in [0.1, 0.15) is 37.7 Å². The summed E-state index contributed by atoms with van der Waals surface area (Å²) in [6, 6.07) is 10.7. The summed E-state index contributed by atoms with van der Waals surface area (Å²) in [5, 5.41) is 9.72. The van der Waals surface area contributed by atoms with E-state index >= 15 is 0 Å². The summed E-state index contributed by atoms with van der Waals surface area (Å²) >= 11 is 0. The lowest BCUT2D eigenvalue weighted by molar-refractivity contribution is -0.134. The van der Waals surface area contributed by atoms with Crippen LogP contribution in [-0.2, 0) is 11.2 Å². The van der Waals surface area contributed by atoms with Crippen molar-refractivity contribution in [1.82, 2.24) is 9.80 Å². The molecule has 3 rings (SSSR count). The zero-order valence-corrected chi connectivity index (χ0v) is 14.6. The van der Waals surface area contributed by atoms with Crippen molar-refractivity contribution in [3.05, 3.63) is 35.9 Å². The number of aryl methyl sites for hydroxylation is 1. The first-order valence-electron chi connectivity index (χ1n) is 9.43. The molecule has 0 radical (unpaired) electrons. The predicted octanol–water partition coefficient (Wildman–Crippen LogP) is 2.31. The SMILES string of the molecule is O=C(CN1CCCC(O)C1)N1CCC(CCc2ccccc2)CC1. The number of benzene rings is 1. The summed E-state index contributed by atoms with van der Waals surface area (Å²) in [4.78, 5) is 16.6. The molecule has 0 aliphatic carbocycles. The van der Waals surface area contributed by atoms with E-state index in [-0.39, 0.29) is 12.0 Å². The maximum Gasteiger partial charge on any atom is 0.236 e. The molecule has 0 bridgehead atoms. The predicted molar refractivity (Wildman–Crippen MR) is 95.7 cm³/mol. The molecule has 1 aromatic rings. The van der Waals surface area contributed by atoms with Gasteiger partial charge in [-0.05, 0) is 56.6 Å². The van der Waals surface area contributed by atoms with Crippen molar-refractivity contribution in [1.29, 1.82) is 0 Å². The Morgan fingerprint density at radius 3 is 2.54 bits per heavy atom. The molecule has 132 valence electrons. The van der Waals surface area contributed by atoms with Crippen LogP contribution in [0.2, 0.25) is 0 Å². The van der Waals surface area contributed by atoms with E-state index in [0.29, 0.717) is 13.1 Å². The molecule has 2 heterocycles. The summed E-state index contributed by atoms with van der Waals surface area (Å²) < 4.78 is 0. The number of likely N-dealkylation sites (tertiary alicyclic amines) is 2. The highest BCUT2D eigenvalue weighted by molar-refractivity contribution is 5.78. The number of piperidine rings is 2. The molecule has 1 unspecified atom stereocenters. The van der Waals surface area contributed by atoms with Crippen LogP contribution in [0, 0.1) is 5.92 Å². The molecule has 4 nitrogen and oxygen atoms in total. The molecular weight excluding hydrogens is 300 g/mol. The third-order valence-corrected chi connectivity index (χ3v) is 5.49. The second-order valence-electron chi connectivity index (χ2n) is 7.38. The van der Waals surface area contributed by atoms with Crippen LogP contribution in [0.25, 0.3) is 0 Å². The highest BCUT2D eigenvalue weighted by Crippen LogP contribution is 2.23. The largest absolute Gasteiger partial charge is 0.392 e. The van der Waals surface area contributed by atoms with Gasteiger partial charge < -0.3 is 10.0 Å². The third kappa shape index (κ3) is 5.05. The molecule has 1 aromatic carbocycles. The Morgan fingerprint density at radius 2 is 1.83 bits per heavy atom. The number of hydrogen-bond acceptors (Lipinski definition) is 3. The van der Waals surface area contributed by atoms with Crippen molar-refractivity contribution in [2.75, 3.05) is 32.7 Å². The molecular formula is C20H30N2O2. The van der Waals surface area contributed by atoms with Crippen molar-refractivity contribution in [2.45, 2.75) is 44.6 Å². The molecule has 1 atom stereocenters. The number of nitrogens with zero attached hydrogens (tertiary/aromatic N) is 2. The molecule has 0 spiro atoms. The number of aliphatic hydroxyl groups excluding tert-OH is 1. The van der Waals surface area contributed by atoms with E-state index in [2.05, 4.69) is 35.2 Å². The quantitative estimate of drug-likeness (QED) is 0.901. The highest BCUT2D eigenvalue weighted by Gasteiger charge is 2.25. The Bertz CT molecular complexity index is 512. The van der Waals surface area contributed by atoms with Gasteiger partial charge in [0.15, 0.2) is 0 Å². The first-order valence-corrected chi connectivity index (χ1v) is 9.43. The van der Waals surface area contributed by atoms with Crippen LogP contribution in [0.15, 0.2) is 30.3 Å². The fourth-order valence-corrected chi connectivity index (χ4v) is 3.95. The molecule has 2 aliphatic heterocycles. The standard InChI is InChI=1S/C20H30N2O2/c23-19-7-4-12-21(15-19)16-20(24)22-13-10-18(11-14-22)9-8-17-5-2-1-3-6-17/h1-3,5-6,18-19,23H,4,7-16H2. The second-order valence-corrected chi connectivity index (χ2v) is 7.38. The maximum atomic E-state index is 12.5. The minimum absolute atomic E-state index is 0.241. The van der Waals surface area contributed by atoms with Crippen molar-refractivity contribution in [3.8, 4) is 0 Å². The zero-order valence-electron chi connectivity index (χ0n) is 14.6. The van der Waals surface area contributed by atoms with Gasteiger partial charge in [0.05, 0.1) is 12.6 Å². The van der Waals surface area contributed by atoms with Gasteiger partial charge in [-0.25, -0.2) is 0 Å². The molecule has 1 N–H and O–H groups in total. The number of rotatable bonds is 5. The molecule has 2 fully saturated rings. The Balaban J connectivity index is 1.37. The average molecular weight is 330 g/mol. The minimum atomic E-state index is -0.254. The highest BCUT2D eigenvalue weighted by atomic mass is 16.3. The maximum absolute atomic E-state index is 12.5. The molecule has 24 heavy (non-hydrogen) atoms. The van der Waals surface area contributed by atoms with E-state index in [1.165, 1.54) is 12.0 Å². The Hall–Kier alpha value is -1.39. The van der Waals surface area contributed by atoms with Crippen LogP contribution in [0.5, 0.6) is 0 Å². The van der Waals surface area contributed by atoms with Crippen molar-refractivity contribution in [2.24, 2.45) is 5.92 Å². The van der Waals surface area contributed by atoms with Crippen LogP contribution in [-0.4, -0.2) is 59.6 Å². The summed E-state index contributed by atoms with van der Waals surface area (Å²) in [5.41, 5.74) is 1.42. The minimum Gasteiger partial charge on any atom is -0.392 e.